The Morgan fingerprint density at radius 2 is 2.11 bits per heavy atom. The zero-order chi connectivity index (χ0) is 25.8. The summed E-state index contributed by atoms with van der Waals surface area (Å²) in [6, 6.07) is 15.2. The van der Waals surface area contributed by atoms with Crippen molar-refractivity contribution in [2.45, 2.75) is 38.8 Å². The lowest BCUT2D eigenvalue weighted by molar-refractivity contribution is 0.0505. The zero-order valence-electron chi connectivity index (χ0n) is 21.2. The van der Waals surface area contributed by atoms with Crippen LogP contribution in [0, 0.1) is 6.92 Å². The van der Waals surface area contributed by atoms with Gasteiger partial charge in [-0.15, -0.1) is 11.3 Å². The van der Waals surface area contributed by atoms with Gasteiger partial charge in [0.05, 0.1) is 29.4 Å². The van der Waals surface area contributed by atoms with Crippen LogP contribution in [0.1, 0.15) is 39.3 Å². The number of hydrogen-bond donors (Lipinski definition) is 0. The van der Waals surface area contributed by atoms with Crippen LogP contribution in [-0.4, -0.2) is 46.2 Å². The third-order valence-corrected chi connectivity index (χ3v) is 7.77. The fourth-order valence-corrected chi connectivity index (χ4v) is 5.56. The number of carbonyl (C=O) groups excluding carboxylic acids is 1. The molecule has 0 bridgehead atoms. The van der Waals surface area contributed by atoms with E-state index in [1.54, 1.807) is 28.5 Å². The molecule has 0 radical (unpaired) electrons. The largest absolute Gasteiger partial charge is 0.493 e. The fourth-order valence-electron chi connectivity index (χ4n) is 4.80. The quantitative estimate of drug-likeness (QED) is 0.321. The molecule has 0 spiro atoms. The zero-order valence-corrected chi connectivity index (χ0v) is 22.0. The van der Waals surface area contributed by atoms with Gasteiger partial charge in [-0.05, 0) is 49.6 Å². The first-order valence-electron chi connectivity index (χ1n) is 12.6. The average Bonchev–Trinajstić information content (AvgIpc) is 3.57. The summed E-state index contributed by atoms with van der Waals surface area (Å²) in [5.74, 6) is 0.472. The van der Waals surface area contributed by atoms with Crippen molar-refractivity contribution >= 4 is 28.1 Å². The van der Waals surface area contributed by atoms with Gasteiger partial charge in [0.25, 0.3) is 5.91 Å². The summed E-state index contributed by atoms with van der Waals surface area (Å²) in [6.07, 6.45) is 4.30. The first-order valence-corrected chi connectivity index (χ1v) is 13.5. The van der Waals surface area contributed by atoms with Crippen molar-refractivity contribution in [2.24, 2.45) is 7.05 Å². The van der Waals surface area contributed by atoms with Gasteiger partial charge in [0.1, 0.15) is 11.3 Å². The van der Waals surface area contributed by atoms with Gasteiger partial charge < -0.3 is 18.9 Å². The monoisotopic (exact) mass is 517 g/mol. The third-order valence-electron chi connectivity index (χ3n) is 6.78. The summed E-state index contributed by atoms with van der Waals surface area (Å²) in [7, 11) is 1.86. The first-order chi connectivity index (χ1) is 18.0. The van der Waals surface area contributed by atoms with Crippen molar-refractivity contribution in [3.8, 4) is 5.75 Å². The second-order valence-corrected chi connectivity index (χ2v) is 10.4. The second-order valence-electron chi connectivity index (χ2n) is 9.43. The molecule has 0 saturated carbocycles. The lowest BCUT2D eigenvalue weighted by Gasteiger charge is -2.26. The Bertz CT molecular complexity index is 1460. The number of amides is 1. The molecule has 37 heavy (non-hydrogen) atoms. The van der Waals surface area contributed by atoms with Gasteiger partial charge in [0, 0.05) is 49.6 Å². The van der Waals surface area contributed by atoms with Crippen LogP contribution in [0.3, 0.4) is 0 Å². The lowest BCUT2D eigenvalue weighted by Crippen LogP contribution is -2.39. The molecule has 1 aliphatic rings. The maximum atomic E-state index is 13.8. The van der Waals surface area contributed by atoms with Gasteiger partial charge in [0.15, 0.2) is 0 Å². The average molecular weight is 518 g/mol. The Morgan fingerprint density at radius 1 is 1.24 bits per heavy atom. The van der Waals surface area contributed by atoms with Gasteiger partial charge in [-0.1, -0.05) is 24.3 Å². The molecule has 8 heteroatoms. The van der Waals surface area contributed by atoms with E-state index in [0.29, 0.717) is 31.7 Å². The molecule has 1 saturated heterocycles. The topological polar surface area (TPSA) is 73.7 Å². The van der Waals surface area contributed by atoms with Crippen LogP contribution < -0.4 is 10.2 Å². The number of aryl methyl sites for hydroxylation is 2. The van der Waals surface area contributed by atoms with E-state index in [1.165, 1.54) is 4.88 Å². The highest BCUT2D eigenvalue weighted by molar-refractivity contribution is 7.09. The number of para-hydroxylation sites is 1. The molecule has 0 N–H and O–H groups in total. The Labute approximate surface area is 220 Å². The number of rotatable bonds is 9. The fraction of sp³-hybridized carbons (Fsp3) is 0.345. The highest BCUT2D eigenvalue weighted by Crippen LogP contribution is 2.21. The molecule has 4 aromatic rings. The van der Waals surface area contributed by atoms with Crippen molar-refractivity contribution in [1.82, 2.24) is 14.5 Å². The van der Waals surface area contributed by atoms with Crippen molar-refractivity contribution in [3.05, 3.63) is 92.2 Å². The molecular weight excluding hydrogens is 486 g/mol. The predicted octanol–water partition coefficient (Wildman–Crippen LogP) is 4.75. The maximum absolute atomic E-state index is 13.8. The maximum Gasteiger partial charge on any atom is 0.259 e. The van der Waals surface area contributed by atoms with E-state index in [1.807, 2.05) is 66.5 Å². The molecule has 0 aliphatic carbocycles. The number of benzene rings is 2. The lowest BCUT2D eigenvalue weighted by atomic mass is 10.1. The van der Waals surface area contributed by atoms with Crippen molar-refractivity contribution in [2.75, 3.05) is 19.8 Å². The van der Waals surface area contributed by atoms with Crippen molar-refractivity contribution in [3.63, 3.8) is 0 Å². The molecule has 7 nitrogen and oxygen atoms in total. The number of carbonyl (C=O) groups is 1. The molecule has 2 aromatic heterocycles. The Hall–Kier alpha value is -3.49. The molecule has 3 heterocycles. The van der Waals surface area contributed by atoms with Crippen LogP contribution in [0.2, 0.25) is 0 Å². The number of fused-ring (bicyclic) bond motifs is 1. The number of thiazole rings is 1. The SMILES string of the molecule is Cc1ncsc1CCOc1cccc(CN(CC2CCCO2)C(=O)c2cn(C)c3ccccc3c2=O)c1. The molecule has 1 amide bonds. The highest BCUT2D eigenvalue weighted by Gasteiger charge is 2.26. The van der Waals surface area contributed by atoms with Crippen molar-refractivity contribution < 1.29 is 14.3 Å². The third kappa shape index (κ3) is 5.76. The van der Waals surface area contributed by atoms with Gasteiger partial charge in [-0.3, -0.25) is 9.59 Å². The van der Waals surface area contributed by atoms with Gasteiger partial charge in [-0.25, -0.2) is 4.98 Å². The minimum absolute atomic E-state index is 0.0321. The van der Waals surface area contributed by atoms with Crippen LogP contribution in [0.5, 0.6) is 5.75 Å². The van der Waals surface area contributed by atoms with Crippen LogP contribution in [0.4, 0.5) is 0 Å². The standard InChI is InChI=1S/C29H31N3O4S/c1-20-27(37-19-30-20)12-14-36-22-8-5-7-21(15-22)16-32(17-23-9-6-13-35-23)29(34)25-18-31(2)26-11-4-3-10-24(26)28(25)33/h3-5,7-8,10-11,15,18-19,23H,6,9,12-14,16-17H2,1-2H3. The van der Waals surface area contributed by atoms with E-state index in [2.05, 4.69) is 4.98 Å². The minimum Gasteiger partial charge on any atom is -0.493 e. The van der Waals surface area contributed by atoms with E-state index in [-0.39, 0.29) is 23.0 Å². The summed E-state index contributed by atoms with van der Waals surface area (Å²) in [4.78, 5) is 34.3. The van der Waals surface area contributed by atoms with E-state index >= 15 is 0 Å². The number of aromatic nitrogens is 2. The van der Waals surface area contributed by atoms with E-state index in [9.17, 15) is 9.59 Å². The van der Waals surface area contributed by atoms with E-state index in [4.69, 9.17) is 9.47 Å². The van der Waals surface area contributed by atoms with Crippen LogP contribution in [-0.2, 0) is 24.8 Å². The van der Waals surface area contributed by atoms with Crippen molar-refractivity contribution in [1.29, 1.82) is 0 Å². The van der Waals surface area contributed by atoms with E-state index in [0.717, 1.165) is 41.8 Å². The minimum atomic E-state index is -0.283. The molecule has 1 unspecified atom stereocenters. The summed E-state index contributed by atoms with van der Waals surface area (Å²) in [6.45, 7) is 4.06. The predicted molar refractivity (Wildman–Crippen MR) is 145 cm³/mol. The molecular formula is C29H31N3O4S. The molecule has 5 rings (SSSR count). The summed E-state index contributed by atoms with van der Waals surface area (Å²) in [5.41, 5.74) is 4.57. The van der Waals surface area contributed by atoms with Crippen LogP contribution in [0.15, 0.2) is 65.0 Å². The Balaban J connectivity index is 1.37. The Kier molecular flexibility index (Phi) is 7.67. The number of hydrogen-bond acceptors (Lipinski definition) is 6. The number of nitrogens with zero attached hydrogens (tertiary/aromatic N) is 3. The number of ether oxygens (including phenoxy) is 2. The Morgan fingerprint density at radius 3 is 2.89 bits per heavy atom. The van der Waals surface area contributed by atoms with Gasteiger partial charge >= 0.3 is 0 Å². The molecule has 2 aromatic carbocycles. The smallest absolute Gasteiger partial charge is 0.259 e. The van der Waals surface area contributed by atoms with Crippen LogP contribution >= 0.6 is 11.3 Å². The molecule has 192 valence electrons. The molecule has 1 fully saturated rings. The van der Waals surface area contributed by atoms with E-state index < -0.39 is 0 Å². The molecule has 1 atom stereocenters. The van der Waals surface area contributed by atoms with Gasteiger partial charge in [-0.2, -0.15) is 0 Å². The summed E-state index contributed by atoms with van der Waals surface area (Å²) >= 11 is 1.64. The summed E-state index contributed by atoms with van der Waals surface area (Å²) in [5, 5.41) is 0.541. The van der Waals surface area contributed by atoms with Gasteiger partial charge in [0.2, 0.25) is 5.43 Å². The highest BCUT2D eigenvalue weighted by atomic mass is 32.1. The molecule has 1 aliphatic heterocycles. The summed E-state index contributed by atoms with van der Waals surface area (Å²) < 4.78 is 13.7. The first kappa shape index (κ1) is 25.2. The normalized spacial score (nSPS) is 15.2. The second kappa shape index (κ2) is 11.3. The van der Waals surface area contributed by atoms with Crippen LogP contribution in [0.25, 0.3) is 10.9 Å². The number of pyridine rings is 1.